The standard InChI is InChI=1S/C14H15N3O5S/c1-10-4-2-3-5-13(10)23(20,21)22-12-6-11(7-12)16-8-14(15-9-16)17(18)19/h2-5,8-9,11-12H,6-7H2,1H3/t11-,12-. The first kappa shape index (κ1) is 15.6. The van der Waals surface area contributed by atoms with Crippen LogP contribution in [-0.4, -0.2) is 29.0 Å². The average molecular weight is 337 g/mol. The van der Waals surface area contributed by atoms with Crippen LogP contribution < -0.4 is 0 Å². The summed E-state index contributed by atoms with van der Waals surface area (Å²) in [5, 5.41) is 10.6. The van der Waals surface area contributed by atoms with Gasteiger partial charge >= 0.3 is 5.82 Å². The maximum atomic E-state index is 12.3. The molecule has 3 rings (SSSR count). The van der Waals surface area contributed by atoms with E-state index in [0.717, 1.165) is 0 Å². The van der Waals surface area contributed by atoms with E-state index in [9.17, 15) is 18.5 Å². The Morgan fingerprint density at radius 2 is 2.04 bits per heavy atom. The third-order valence-electron chi connectivity index (χ3n) is 3.89. The predicted molar refractivity (Wildman–Crippen MR) is 80.4 cm³/mol. The highest BCUT2D eigenvalue weighted by molar-refractivity contribution is 7.86. The fourth-order valence-electron chi connectivity index (χ4n) is 2.55. The van der Waals surface area contributed by atoms with Gasteiger partial charge in [0.1, 0.15) is 6.20 Å². The average Bonchev–Trinajstić information content (AvgIpc) is 2.92. The van der Waals surface area contributed by atoms with Crippen LogP contribution in [0.4, 0.5) is 5.82 Å². The number of hydrogen-bond donors (Lipinski definition) is 0. The highest BCUT2D eigenvalue weighted by Gasteiger charge is 2.36. The molecule has 9 heteroatoms. The summed E-state index contributed by atoms with van der Waals surface area (Å²) in [4.78, 5) is 13.9. The summed E-state index contributed by atoms with van der Waals surface area (Å²) in [5.74, 6) is -0.220. The van der Waals surface area contributed by atoms with Crippen LogP contribution in [0.2, 0.25) is 0 Å². The summed E-state index contributed by atoms with van der Waals surface area (Å²) in [6.07, 6.45) is 3.24. The van der Waals surface area contributed by atoms with Crippen LogP contribution in [-0.2, 0) is 14.3 Å². The summed E-state index contributed by atoms with van der Waals surface area (Å²) in [7, 11) is -3.80. The molecule has 1 aromatic heterocycles. The van der Waals surface area contributed by atoms with Crippen LogP contribution in [0.25, 0.3) is 0 Å². The number of hydrogen-bond acceptors (Lipinski definition) is 6. The van der Waals surface area contributed by atoms with Crippen molar-refractivity contribution in [3.05, 3.63) is 52.5 Å². The van der Waals surface area contributed by atoms with Crippen molar-refractivity contribution in [2.45, 2.75) is 36.8 Å². The van der Waals surface area contributed by atoms with Crippen molar-refractivity contribution >= 4 is 15.9 Å². The van der Waals surface area contributed by atoms with Gasteiger partial charge in [-0.3, -0.25) is 4.18 Å². The summed E-state index contributed by atoms with van der Waals surface area (Å²) in [6.45, 7) is 1.71. The Balaban J connectivity index is 1.64. The van der Waals surface area contributed by atoms with E-state index in [-0.39, 0.29) is 16.8 Å². The Kier molecular flexibility index (Phi) is 3.90. The zero-order chi connectivity index (χ0) is 16.6. The van der Waals surface area contributed by atoms with Gasteiger partial charge in [-0.25, -0.2) is 0 Å². The summed E-state index contributed by atoms with van der Waals surface area (Å²) >= 11 is 0. The molecular formula is C14H15N3O5S. The molecule has 122 valence electrons. The molecule has 1 heterocycles. The lowest BCUT2D eigenvalue weighted by atomic mass is 9.89. The van der Waals surface area contributed by atoms with E-state index in [1.807, 2.05) is 0 Å². The molecule has 0 N–H and O–H groups in total. The van der Waals surface area contributed by atoms with Crippen molar-refractivity contribution in [3.63, 3.8) is 0 Å². The molecule has 0 radical (unpaired) electrons. The van der Waals surface area contributed by atoms with Gasteiger partial charge in [-0.15, -0.1) is 0 Å². The molecule has 23 heavy (non-hydrogen) atoms. The lowest BCUT2D eigenvalue weighted by Crippen LogP contribution is -2.34. The van der Waals surface area contributed by atoms with E-state index in [4.69, 9.17) is 4.18 Å². The predicted octanol–water partition coefficient (Wildman–Crippen LogP) is 2.21. The van der Waals surface area contributed by atoms with Crippen molar-refractivity contribution < 1.29 is 17.5 Å². The van der Waals surface area contributed by atoms with Crippen LogP contribution in [0.3, 0.4) is 0 Å². The second-order valence-electron chi connectivity index (χ2n) is 5.50. The third-order valence-corrected chi connectivity index (χ3v) is 5.41. The molecule has 0 unspecified atom stereocenters. The Labute approximate surface area is 133 Å². The van der Waals surface area contributed by atoms with Gasteiger partial charge in [0, 0.05) is 6.04 Å². The van der Waals surface area contributed by atoms with E-state index in [1.165, 1.54) is 18.6 Å². The molecule has 0 amide bonds. The first-order chi connectivity index (χ1) is 10.9. The van der Waals surface area contributed by atoms with E-state index < -0.39 is 21.1 Å². The minimum atomic E-state index is -3.80. The quantitative estimate of drug-likeness (QED) is 0.470. The summed E-state index contributed by atoms with van der Waals surface area (Å²) in [6, 6.07) is 6.61. The Hall–Kier alpha value is -2.26. The molecule has 0 atom stereocenters. The molecule has 1 aliphatic rings. The lowest BCUT2D eigenvalue weighted by molar-refractivity contribution is -0.389. The zero-order valence-electron chi connectivity index (χ0n) is 12.3. The molecule has 0 spiro atoms. The molecule has 1 aliphatic carbocycles. The van der Waals surface area contributed by atoms with E-state index >= 15 is 0 Å². The Morgan fingerprint density at radius 3 is 2.65 bits per heavy atom. The zero-order valence-corrected chi connectivity index (χ0v) is 13.1. The van der Waals surface area contributed by atoms with Gasteiger partial charge in [-0.2, -0.15) is 8.42 Å². The van der Waals surface area contributed by atoms with Gasteiger partial charge in [0.2, 0.25) is 6.33 Å². The number of aryl methyl sites for hydroxylation is 1. The number of rotatable bonds is 5. The third kappa shape index (κ3) is 3.10. The van der Waals surface area contributed by atoms with Crippen LogP contribution in [0.5, 0.6) is 0 Å². The molecule has 1 saturated carbocycles. The maximum Gasteiger partial charge on any atom is 0.381 e. The van der Waals surface area contributed by atoms with Crippen LogP contribution >= 0.6 is 0 Å². The van der Waals surface area contributed by atoms with E-state index in [2.05, 4.69) is 4.98 Å². The van der Waals surface area contributed by atoms with E-state index in [0.29, 0.717) is 18.4 Å². The number of benzene rings is 1. The van der Waals surface area contributed by atoms with E-state index in [1.54, 1.807) is 29.7 Å². The lowest BCUT2D eigenvalue weighted by Gasteiger charge is -2.34. The molecule has 0 bridgehead atoms. The van der Waals surface area contributed by atoms with Gasteiger partial charge < -0.3 is 14.7 Å². The minimum absolute atomic E-state index is 0.0340. The van der Waals surface area contributed by atoms with Crippen molar-refractivity contribution in [3.8, 4) is 0 Å². The molecule has 8 nitrogen and oxygen atoms in total. The fourth-order valence-corrected chi connectivity index (χ4v) is 3.87. The SMILES string of the molecule is Cc1ccccc1S(=O)(=O)O[C@H]1C[C@H](n2cnc([N+](=O)[O-])c2)C1. The van der Waals surface area contributed by atoms with Crippen LogP contribution in [0, 0.1) is 17.0 Å². The first-order valence-electron chi connectivity index (χ1n) is 7.03. The van der Waals surface area contributed by atoms with Crippen molar-refractivity contribution in [1.82, 2.24) is 9.55 Å². The number of nitro groups is 1. The number of aromatic nitrogens is 2. The van der Waals surface area contributed by atoms with Crippen molar-refractivity contribution in [2.24, 2.45) is 0 Å². The van der Waals surface area contributed by atoms with Gasteiger partial charge in [-0.1, -0.05) is 18.2 Å². The van der Waals surface area contributed by atoms with Gasteiger partial charge in [-0.05, 0) is 41.3 Å². The molecule has 2 aromatic rings. The smallest absolute Gasteiger partial charge is 0.358 e. The number of nitrogens with zero attached hydrogens (tertiary/aromatic N) is 3. The molecular weight excluding hydrogens is 322 g/mol. The summed E-state index contributed by atoms with van der Waals surface area (Å²) < 4.78 is 31.4. The first-order valence-corrected chi connectivity index (χ1v) is 8.44. The van der Waals surface area contributed by atoms with Crippen molar-refractivity contribution in [1.29, 1.82) is 0 Å². The topological polar surface area (TPSA) is 104 Å². The normalized spacial score (nSPS) is 20.9. The van der Waals surface area contributed by atoms with Crippen LogP contribution in [0.15, 0.2) is 41.7 Å². The largest absolute Gasteiger partial charge is 0.381 e. The van der Waals surface area contributed by atoms with Crippen LogP contribution in [0.1, 0.15) is 24.4 Å². The Morgan fingerprint density at radius 1 is 1.35 bits per heavy atom. The maximum absolute atomic E-state index is 12.3. The molecule has 0 aliphatic heterocycles. The minimum Gasteiger partial charge on any atom is -0.358 e. The monoisotopic (exact) mass is 337 g/mol. The van der Waals surface area contributed by atoms with Gasteiger partial charge in [0.15, 0.2) is 0 Å². The molecule has 0 saturated heterocycles. The molecule has 1 aromatic carbocycles. The number of imidazole rings is 1. The van der Waals surface area contributed by atoms with Gasteiger partial charge in [0.25, 0.3) is 10.1 Å². The van der Waals surface area contributed by atoms with Crippen molar-refractivity contribution in [2.75, 3.05) is 0 Å². The molecule has 1 fully saturated rings. The highest BCUT2D eigenvalue weighted by Crippen LogP contribution is 2.37. The second kappa shape index (κ2) is 5.74. The summed E-state index contributed by atoms with van der Waals surface area (Å²) in [5.41, 5.74) is 0.633. The fraction of sp³-hybridized carbons (Fsp3) is 0.357. The Bertz CT molecular complexity index is 840. The second-order valence-corrected chi connectivity index (χ2v) is 7.04. The van der Waals surface area contributed by atoms with Gasteiger partial charge in [0.05, 0.1) is 11.0 Å². The highest BCUT2D eigenvalue weighted by atomic mass is 32.2.